The van der Waals surface area contributed by atoms with Crippen molar-refractivity contribution in [1.29, 1.82) is 0 Å². The third kappa shape index (κ3) is 5.25. The molecule has 0 saturated heterocycles. The Morgan fingerprint density at radius 2 is 1.23 bits per heavy atom. The number of hydrogen-bond acceptors (Lipinski definition) is 4. The van der Waals surface area contributed by atoms with Gasteiger partial charge in [0.1, 0.15) is 11.2 Å². The summed E-state index contributed by atoms with van der Waals surface area (Å²) in [6, 6.07) is 43.0. The molecular weight excluding hydrogens is 538 g/mol. The van der Waals surface area contributed by atoms with Crippen molar-refractivity contribution in [3.05, 3.63) is 164 Å². The number of allylic oxidation sites excluding steroid dienone is 5. The topological polar surface area (TPSA) is 51.8 Å². The van der Waals surface area contributed by atoms with E-state index in [-0.39, 0.29) is 0 Å². The molecule has 0 bridgehead atoms. The van der Waals surface area contributed by atoms with Gasteiger partial charge in [-0.25, -0.2) is 15.0 Å². The summed E-state index contributed by atoms with van der Waals surface area (Å²) in [5, 5.41) is 2.00. The predicted molar refractivity (Wildman–Crippen MR) is 182 cm³/mol. The van der Waals surface area contributed by atoms with Crippen LogP contribution in [0.15, 0.2) is 157 Å². The van der Waals surface area contributed by atoms with Crippen LogP contribution in [0, 0.1) is 0 Å². The number of rotatable bonds is 7. The Kier molecular flexibility index (Phi) is 7.23. The van der Waals surface area contributed by atoms with Gasteiger partial charge in [0, 0.05) is 27.5 Å². The fraction of sp³-hybridized carbons (Fsp3) is 0.0250. The van der Waals surface area contributed by atoms with Crippen LogP contribution in [0.25, 0.3) is 67.0 Å². The zero-order valence-electron chi connectivity index (χ0n) is 24.3. The lowest BCUT2D eigenvalue weighted by molar-refractivity contribution is 0.669. The van der Waals surface area contributed by atoms with Crippen molar-refractivity contribution >= 4 is 33.1 Å². The number of furan rings is 1. The van der Waals surface area contributed by atoms with Gasteiger partial charge in [0.25, 0.3) is 0 Å². The van der Waals surface area contributed by atoms with E-state index in [4.69, 9.17) is 19.4 Å². The van der Waals surface area contributed by atoms with E-state index in [9.17, 15) is 0 Å². The van der Waals surface area contributed by atoms with Crippen molar-refractivity contribution < 1.29 is 4.42 Å². The highest BCUT2D eigenvalue weighted by Crippen LogP contribution is 2.36. The first kappa shape index (κ1) is 27.0. The third-order valence-corrected chi connectivity index (χ3v) is 7.75. The van der Waals surface area contributed by atoms with Gasteiger partial charge in [-0.1, -0.05) is 140 Å². The molecule has 5 aromatic carbocycles. The van der Waals surface area contributed by atoms with E-state index in [1.54, 1.807) is 6.08 Å². The van der Waals surface area contributed by atoms with E-state index < -0.39 is 0 Å². The molecule has 7 rings (SSSR count). The lowest BCUT2D eigenvalue weighted by atomic mass is 10.0. The van der Waals surface area contributed by atoms with Gasteiger partial charge in [0.05, 0.1) is 0 Å². The van der Waals surface area contributed by atoms with E-state index >= 15 is 0 Å². The standard InChI is InChI=1S/C40H29N3O/c1-3-28(22-21-27(2)29-13-6-4-7-14-29)38-41-39(32-25-23-31(24-26-32)30-15-8-5-9-16-30)43-40(42-38)34-18-12-20-36-37(34)33-17-10-11-19-35(33)44-36/h3-26H,1H2,2H3/b27-21+,28-22+. The molecule has 0 unspecified atom stereocenters. The van der Waals surface area contributed by atoms with Gasteiger partial charge in [-0.2, -0.15) is 0 Å². The Labute approximate surface area is 256 Å². The highest BCUT2D eigenvalue weighted by molar-refractivity contribution is 6.11. The number of para-hydroxylation sites is 1. The second kappa shape index (κ2) is 11.8. The Hall–Kier alpha value is -5.87. The van der Waals surface area contributed by atoms with Crippen LogP contribution in [0.1, 0.15) is 18.3 Å². The summed E-state index contributed by atoms with van der Waals surface area (Å²) in [5.74, 6) is 1.71. The zero-order chi connectivity index (χ0) is 29.9. The molecule has 0 amide bonds. The van der Waals surface area contributed by atoms with Crippen LogP contribution in [-0.2, 0) is 0 Å². The molecule has 4 heteroatoms. The summed E-state index contributed by atoms with van der Waals surface area (Å²) in [4.78, 5) is 15.0. The largest absolute Gasteiger partial charge is 0.456 e. The van der Waals surface area contributed by atoms with Crippen molar-refractivity contribution in [2.75, 3.05) is 0 Å². The first-order valence-electron chi connectivity index (χ1n) is 14.6. The number of fused-ring (bicyclic) bond motifs is 3. The lowest BCUT2D eigenvalue weighted by Crippen LogP contribution is -2.02. The fourth-order valence-electron chi connectivity index (χ4n) is 5.40. The summed E-state index contributed by atoms with van der Waals surface area (Å²) in [7, 11) is 0. The minimum atomic E-state index is 0.550. The van der Waals surface area contributed by atoms with Crippen molar-refractivity contribution in [2.45, 2.75) is 6.92 Å². The van der Waals surface area contributed by atoms with Crippen LogP contribution in [-0.4, -0.2) is 15.0 Å². The average molecular weight is 568 g/mol. The molecule has 7 aromatic rings. The first-order chi connectivity index (χ1) is 21.7. The van der Waals surface area contributed by atoms with E-state index in [1.165, 1.54) is 0 Å². The Bertz CT molecular complexity index is 2170. The van der Waals surface area contributed by atoms with Crippen LogP contribution in [0.3, 0.4) is 0 Å². The fourth-order valence-corrected chi connectivity index (χ4v) is 5.40. The SMILES string of the molecule is C=C/C(=C\C=C(/C)c1ccccc1)c1nc(-c2ccc(-c3ccccc3)cc2)nc(-c2cccc3oc4ccccc4c23)n1. The molecule has 0 aliphatic rings. The molecule has 0 aliphatic heterocycles. The Morgan fingerprint density at radius 1 is 0.591 bits per heavy atom. The molecule has 0 fully saturated rings. The van der Waals surface area contributed by atoms with Crippen LogP contribution in [0.2, 0.25) is 0 Å². The van der Waals surface area contributed by atoms with E-state index in [0.717, 1.165) is 60.9 Å². The first-order valence-corrected chi connectivity index (χ1v) is 14.6. The zero-order valence-corrected chi connectivity index (χ0v) is 24.3. The summed E-state index contributed by atoms with van der Waals surface area (Å²) in [5.41, 5.74) is 8.78. The average Bonchev–Trinajstić information content (AvgIpc) is 3.48. The second-order valence-corrected chi connectivity index (χ2v) is 10.6. The number of nitrogens with zero attached hydrogens (tertiary/aromatic N) is 3. The number of benzene rings is 5. The quantitative estimate of drug-likeness (QED) is 0.180. The molecule has 0 spiro atoms. The highest BCUT2D eigenvalue weighted by atomic mass is 16.3. The summed E-state index contributed by atoms with van der Waals surface area (Å²) < 4.78 is 6.18. The maximum Gasteiger partial charge on any atom is 0.164 e. The van der Waals surface area contributed by atoms with Crippen molar-refractivity contribution in [3.63, 3.8) is 0 Å². The van der Waals surface area contributed by atoms with Gasteiger partial charge in [-0.3, -0.25) is 0 Å². The summed E-state index contributed by atoms with van der Waals surface area (Å²) in [6.45, 7) is 6.20. The molecule has 0 radical (unpaired) electrons. The molecule has 0 aliphatic carbocycles. The monoisotopic (exact) mass is 567 g/mol. The maximum atomic E-state index is 6.18. The molecule has 2 heterocycles. The summed E-state index contributed by atoms with van der Waals surface area (Å²) in [6.07, 6.45) is 5.89. The van der Waals surface area contributed by atoms with Crippen LogP contribution < -0.4 is 0 Å². The van der Waals surface area contributed by atoms with Gasteiger partial charge in [0.15, 0.2) is 17.5 Å². The minimum Gasteiger partial charge on any atom is -0.456 e. The summed E-state index contributed by atoms with van der Waals surface area (Å²) >= 11 is 0. The Balaban J connectivity index is 1.39. The van der Waals surface area contributed by atoms with Gasteiger partial charge >= 0.3 is 0 Å². The molecule has 44 heavy (non-hydrogen) atoms. The molecule has 0 saturated carbocycles. The molecule has 0 N–H and O–H groups in total. The van der Waals surface area contributed by atoms with Gasteiger partial charge in [0.2, 0.25) is 0 Å². The normalized spacial score (nSPS) is 12.1. The molecule has 4 nitrogen and oxygen atoms in total. The molecular formula is C40H29N3O. The van der Waals surface area contributed by atoms with Crippen LogP contribution in [0.4, 0.5) is 0 Å². The van der Waals surface area contributed by atoms with Gasteiger partial charge in [-0.05, 0) is 41.3 Å². The van der Waals surface area contributed by atoms with E-state index in [2.05, 4.69) is 74.2 Å². The number of hydrogen-bond donors (Lipinski definition) is 0. The van der Waals surface area contributed by atoms with E-state index in [1.807, 2.05) is 78.9 Å². The number of aromatic nitrogens is 3. The van der Waals surface area contributed by atoms with Gasteiger partial charge < -0.3 is 4.42 Å². The predicted octanol–water partition coefficient (Wildman–Crippen LogP) is 10.4. The maximum absolute atomic E-state index is 6.18. The molecule has 210 valence electrons. The van der Waals surface area contributed by atoms with Crippen molar-refractivity contribution in [3.8, 4) is 33.9 Å². The van der Waals surface area contributed by atoms with Crippen LogP contribution in [0.5, 0.6) is 0 Å². The smallest absolute Gasteiger partial charge is 0.164 e. The second-order valence-electron chi connectivity index (χ2n) is 10.6. The minimum absolute atomic E-state index is 0.550. The molecule has 0 atom stereocenters. The van der Waals surface area contributed by atoms with Crippen molar-refractivity contribution in [1.82, 2.24) is 15.0 Å². The highest BCUT2D eigenvalue weighted by Gasteiger charge is 2.17. The third-order valence-electron chi connectivity index (χ3n) is 7.75. The van der Waals surface area contributed by atoms with Gasteiger partial charge in [-0.15, -0.1) is 0 Å². The lowest BCUT2D eigenvalue weighted by Gasteiger charge is -2.10. The van der Waals surface area contributed by atoms with Crippen molar-refractivity contribution in [2.24, 2.45) is 0 Å². The Morgan fingerprint density at radius 3 is 2.00 bits per heavy atom. The van der Waals surface area contributed by atoms with E-state index in [0.29, 0.717) is 17.5 Å². The van der Waals surface area contributed by atoms with Crippen LogP contribution >= 0.6 is 0 Å². The molecule has 2 aromatic heterocycles.